The number of aromatic nitrogens is 2. The third-order valence-corrected chi connectivity index (χ3v) is 11.7. The molecule has 0 aliphatic heterocycles. The highest BCUT2D eigenvalue weighted by Gasteiger charge is 2.18. The van der Waals surface area contributed by atoms with Crippen molar-refractivity contribution in [3.05, 3.63) is 231 Å². The molecule has 0 aliphatic carbocycles. The maximum atomic E-state index is 5.40. The van der Waals surface area contributed by atoms with E-state index in [1.165, 1.54) is 49.0 Å². The molecule has 1 aromatic heterocycles. The number of hydrogen-bond acceptors (Lipinski definition) is 2. The van der Waals surface area contributed by atoms with E-state index < -0.39 is 0 Å². The summed E-state index contributed by atoms with van der Waals surface area (Å²) in [4.78, 5) is 10.7. The van der Waals surface area contributed by atoms with Crippen molar-refractivity contribution in [2.75, 3.05) is 0 Å². The summed E-state index contributed by atoms with van der Waals surface area (Å²) < 4.78 is 0. The molecule has 0 atom stereocenters. The number of nitrogens with zero attached hydrogens (tertiary/aromatic N) is 2. The second-order valence-corrected chi connectivity index (χ2v) is 15.3. The van der Waals surface area contributed by atoms with Gasteiger partial charge in [-0.05, 0) is 101 Å². The van der Waals surface area contributed by atoms with Crippen LogP contribution in [0.2, 0.25) is 0 Å². The van der Waals surface area contributed by atoms with Crippen molar-refractivity contribution in [1.82, 2.24) is 9.97 Å². The van der Waals surface area contributed by atoms with E-state index >= 15 is 0 Å². The van der Waals surface area contributed by atoms with Crippen molar-refractivity contribution >= 4 is 32.3 Å². The Balaban J connectivity index is 1.09. The fourth-order valence-corrected chi connectivity index (χ4v) is 8.81. The van der Waals surface area contributed by atoms with Crippen LogP contribution in [0.5, 0.6) is 0 Å². The Hall–Kier alpha value is -7.94. The summed E-state index contributed by atoms with van der Waals surface area (Å²) in [5.41, 5.74) is 14.0. The van der Waals surface area contributed by atoms with Gasteiger partial charge in [-0.2, -0.15) is 0 Å². The fourth-order valence-electron chi connectivity index (χ4n) is 8.81. The average Bonchev–Trinajstić information content (AvgIpc) is 3.34. The SMILES string of the molecule is c1ccc(-c2cccc(-c3cc(-c4ccccc4-c4ccccc4-c4ccc5c6ccccc6c6ccccc6c5c4)nc(-c4cccc(-c5ccccc5)c4)n3)c2)cc1. The van der Waals surface area contributed by atoms with Crippen LogP contribution in [-0.2, 0) is 0 Å². The van der Waals surface area contributed by atoms with Gasteiger partial charge < -0.3 is 0 Å². The van der Waals surface area contributed by atoms with Gasteiger partial charge in [0, 0.05) is 16.7 Å². The molecule has 0 radical (unpaired) electrons. The van der Waals surface area contributed by atoms with Crippen LogP contribution in [-0.4, -0.2) is 9.97 Å². The van der Waals surface area contributed by atoms with Crippen molar-refractivity contribution in [2.24, 2.45) is 0 Å². The highest BCUT2D eigenvalue weighted by atomic mass is 14.9. The highest BCUT2D eigenvalue weighted by molar-refractivity contribution is 6.25. The number of rotatable bonds is 7. The van der Waals surface area contributed by atoms with Gasteiger partial charge in [0.15, 0.2) is 5.82 Å². The summed E-state index contributed by atoms with van der Waals surface area (Å²) in [5.74, 6) is 0.683. The van der Waals surface area contributed by atoms with E-state index in [1.807, 2.05) is 0 Å². The standard InChI is InChI=1S/C58H38N2/c1-3-17-39(18-4-1)41-21-15-23-44(35-41)56-38-57(60-58(59-56)45-24-16-22-42(36-45)40-19-5-2-6-20-40)54-32-14-13-30-51(54)47-26-8-7-25-46(47)43-33-34-53-50-29-10-9-27-48(50)49-28-11-12-31-52(49)55(53)37-43/h1-38H. The largest absolute Gasteiger partial charge is 0.228 e. The lowest BCUT2D eigenvalue weighted by Crippen LogP contribution is -1.98. The Morgan fingerprint density at radius 3 is 1.23 bits per heavy atom. The van der Waals surface area contributed by atoms with Gasteiger partial charge in [-0.3, -0.25) is 0 Å². The smallest absolute Gasteiger partial charge is 0.160 e. The lowest BCUT2D eigenvalue weighted by Gasteiger charge is -2.17. The maximum absolute atomic E-state index is 5.40. The van der Waals surface area contributed by atoms with Gasteiger partial charge in [-0.1, -0.05) is 206 Å². The number of hydrogen-bond donors (Lipinski definition) is 0. The van der Waals surface area contributed by atoms with Gasteiger partial charge in [-0.25, -0.2) is 9.97 Å². The number of fused-ring (bicyclic) bond motifs is 6. The van der Waals surface area contributed by atoms with Crippen LogP contribution < -0.4 is 0 Å². The lowest BCUT2D eigenvalue weighted by atomic mass is 9.88. The van der Waals surface area contributed by atoms with Gasteiger partial charge in [0.25, 0.3) is 0 Å². The van der Waals surface area contributed by atoms with Gasteiger partial charge in [-0.15, -0.1) is 0 Å². The van der Waals surface area contributed by atoms with Gasteiger partial charge >= 0.3 is 0 Å². The Morgan fingerprint density at radius 2 is 0.617 bits per heavy atom. The van der Waals surface area contributed by atoms with Crippen molar-refractivity contribution in [3.63, 3.8) is 0 Å². The molecule has 2 heteroatoms. The van der Waals surface area contributed by atoms with Crippen LogP contribution in [0.3, 0.4) is 0 Å². The second kappa shape index (κ2) is 15.1. The van der Waals surface area contributed by atoms with E-state index in [9.17, 15) is 0 Å². The zero-order valence-electron chi connectivity index (χ0n) is 32.8. The predicted molar refractivity (Wildman–Crippen MR) is 253 cm³/mol. The summed E-state index contributed by atoms with van der Waals surface area (Å²) >= 11 is 0. The minimum atomic E-state index is 0.683. The molecule has 10 aromatic carbocycles. The monoisotopic (exact) mass is 762 g/mol. The molecule has 0 saturated carbocycles. The van der Waals surface area contributed by atoms with Crippen molar-refractivity contribution < 1.29 is 0 Å². The molecule has 0 amide bonds. The molecular formula is C58H38N2. The summed E-state index contributed by atoms with van der Waals surface area (Å²) in [5, 5.41) is 7.61. The topological polar surface area (TPSA) is 25.8 Å². The van der Waals surface area contributed by atoms with Crippen molar-refractivity contribution in [3.8, 4) is 78.4 Å². The number of benzene rings is 10. The molecule has 280 valence electrons. The molecule has 0 saturated heterocycles. The van der Waals surface area contributed by atoms with Crippen LogP contribution in [0.15, 0.2) is 231 Å². The molecule has 0 spiro atoms. The first-order valence-corrected chi connectivity index (χ1v) is 20.5. The molecule has 11 aromatic rings. The van der Waals surface area contributed by atoms with E-state index in [4.69, 9.17) is 9.97 Å². The zero-order valence-corrected chi connectivity index (χ0v) is 32.8. The first-order valence-electron chi connectivity index (χ1n) is 20.5. The average molecular weight is 763 g/mol. The first kappa shape index (κ1) is 35.2. The van der Waals surface area contributed by atoms with E-state index in [0.717, 1.165) is 55.9 Å². The Bertz CT molecular complexity index is 3230. The quantitative estimate of drug-likeness (QED) is 0.151. The van der Waals surface area contributed by atoms with Crippen LogP contribution in [0.25, 0.3) is 111 Å². The highest BCUT2D eigenvalue weighted by Crippen LogP contribution is 2.42. The lowest BCUT2D eigenvalue weighted by molar-refractivity contribution is 1.18. The molecule has 2 nitrogen and oxygen atoms in total. The maximum Gasteiger partial charge on any atom is 0.160 e. The third kappa shape index (κ3) is 6.41. The van der Waals surface area contributed by atoms with Crippen molar-refractivity contribution in [1.29, 1.82) is 0 Å². The minimum Gasteiger partial charge on any atom is -0.228 e. The summed E-state index contributed by atoms with van der Waals surface area (Å²) in [7, 11) is 0. The Kier molecular flexibility index (Phi) is 8.87. The summed E-state index contributed by atoms with van der Waals surface area (Å²) in [6, 6.07) is 82.4. The molecule has 0 aliphatic rings. The van der Waals surface area contributed by atoms with Crippen LogP contribution in [0.1, 0.15) is 0 Å². The Labute approximate surface area is 349 Å². The molecule has 0 fully saturated rings. The molecule has 11 rings (SSSR count). The van der Waals surface area contributed by atoms with Crippen molar-refractivity contribution in [2.45, 2.75) is 0 Å². The van der Waals surface area contributed by atoms with E-state index in [1.54, 1.807) is 0 Å². The second-order valence-electron chi connectivity index (χ2n) is 15.3. The molecular weight excluding hydrogens is 725 g/mol. The Morgan fingerprint density at radius 1 is 0.200 bits per heavy atom. The molecule has 1 heterocycles. The normalized spacial score (nSPS) is 11.3. The summed E-state index contributed by atoms with van der Waals surface area (Å²) in [6.07, 6.45) is 0. The molecule has 0 unspecified atom stereocenters. The molecule has 0 N–H and O–H groups in total. The van der Waals surface area contributed by atoms with E-state index in [-0.39, 0.29) is 0 Å². The first-order chi connectivity index (χ1) is 29.7. The zero-order chi connectivity index (χ0) is 39.8. The van der Waals surface area contributed by atoms with Gasteiger partial charge in [0.1, 0.15) is 0 Å². The van der Waals surface area contributed by atoms with Gasteiger partial charge in [0.05, 0.1) is 11.4 Å². The van der Waals surface area contributed by atoms with Crippen LogP contribution >= 0.6 is 0 Å². The fraction of sp³-hybridized carbons (Fsp3) is 0. The van der Waals surface area contributed by atoms with E-state index in [0.29, 0.717) is 5.82 Å². The molecule has 0 bridgehead atoms. The minimum absolute atomic E-state index is 0.683. The third-order valence-electron chi connectivity index (χ3n) is 11.7. The summed E-state index contributed by atoms with van der Waals surface area (Å²) in [6.45, 7) is 0. The van der Waals surface area contributed by atoms with Crippen LogP contribution in [0.4, 0.5) is 0 Å². The predicted octanol–water partition coefficient (Wildman–Crippen LogP) is 15.6. The van der Waals surface area contributed by atoms with Crippen LogP contribution in [0, 0.1) is 0 Å². The van der Waals surface area contributed by atoms with Gasteiger partial charge in [0.2, 0.25) is 0 Å². The molecule has 60 heavy (non-hydrogen) atoms. The van der Waals surface area contributed by atoms with E-state index in [2.05, 4.69) is 231 Å².